The standard InChI is InChI=1S/C15H23FN2O/c1-11(17-12-6-8-18(2)9-7-12)14-5-4-13(19-3)10-15(14)16/h4-5,10-12,17H,6-9H2,1-3H3. The normalized spacial score (nSPS) is 19.4. The van der Waals surface area contributed by atoms with Crippen LogP contribution in [-0.2, 0) is 0 Å². The minimum Gasteiger partial charge on any atom is -0.497 e. The van der Waals surface area contributed by atoms with Crippen LogP contribution in [0.5, 0.6) is 5.75 Å². The first-order valence-electron chi connectivity index (χ1n) is 6.88. The molecule has 1 aliphatic heterocycles. The molecule has 1 aliphatic rings. The van der Waals surface area contributed by atoms with Crippen molar-refractivity contribution in [3.63, 3.8) is 0 Å². The van der Waals surface area contributed by atoms with Crippen molar-refractivity contribution in [3.8, 4) is 5.75 Å². The second-order valence-corrected chi connectivity index (χ2v) is 5.35. The molecule has 1 atom stereocenters. The Morgan fingerprint density at radius 2 is 2.05 bits per heavy atom. The molecule has 106 valence electrons. The van der Waals surface area contributed by atoms with Crippen molar-refractivity contribution in [2.24, 2.45) is 0 Å². The number of piperidine rings is 1. The quantitative estimate of drug-likeness (QED) is 0.906. The van der Waals surface area contributed by atoms with Crippen LogP contribution < -0.4 is 10.1 Å². The molecule has 0 amide bonds. The van der Waals surface area contributed by atoms with E-state index in [2.05, 4.69) is 17.3 Å². The van der Waals surface area contributed by atoms with Gasteiger partial charge >= 0.3 is 0 Å². The molecule has 1 aromatic carbocycles. The summed E-state index contributed by atoms with van der Waals surface area (Å²) in [6.07, 6.45) is 2.25. The molecule has 0 aromatic heterocycles. The fourth-order valence-corrected chi connectivity index (χ4v) is 2.60. The molecule has 4 heteroatoms. The summed E-state index contributed by atoms with van der Waals surface area (Å²) in [5, 5.41) is 3.53. The highest BCUT2D eigenvalue weighted by molar-refractivity contribution is 5.30. The molecule has 1 N–H and O–H groups in total. The first-order valence-corrected chi connectivity index (χ1v) is 6.88. The Morgan fingerprint density at radius 3 is 2.63 bits per heavy atom. The van der Waals surface area contributed by atoms with E-state index < -0.39 is 0 Å². The van der Waals surface area contributed by atoms with Crippen LogP contribution in [0.15, 0.2) is 18.2 Å². The molecule has 0 spiro atoms. The Balaban J connectivity index is 1.97. The summed E-state index contributed by atoms with van der Waals surface area (Å²) in [7, 11) is 3.69. The summed E-state index contributed by atoms with van der Waals surface area (Å²) in [6, 6.07) is 5.57. The van der Waals surface area contributed by atoms with Gasteiger partial charge in [0.1, 0.15) is 11.6 Å². The molecule has 1 heterocycles. The van der Waals surface area contributed by atoms with E-state index in [0.717, 1.165) is 25.9 Å². The fourth-order valence-electron chi connectivity index (χ4n) is 2.60. The average molecular weight is 266 g/mol. The molecule has 1 unspecified atom stereocenters. The SMILES string of the molecule is COc1ccc(C(C)NC2CCN(C)CC2)c(F)c1. The van der Waals surface area contributed by atoms with Crippen LogP contribution in [0.1, 0.15) is 31.4 Å². The summed E-state index contributed by atoms with van der Waals surface area (Å²) in [5.41, 5.74) is 0.708. The van der Waals surface area contributed by atoms with Crippen molar-refractivity contribution in [1.29, 1.82) is 0 Å². The molecule has 3 nitrogen and oxygen atoms in total. The first kappa shape index (κ1) is 14.3. The van der Waals surface area contributed by atoms with Gasteiger partial charge in [-0.2, -0.15) is 0 Å². The largest absolute Gasteiger partial charge is 0.497 e. The number of nitrogens with one attached hydrogen (secondary N) is 1. The number of ether oxygens (including phenoxy) is 1. The topological polar surface area (TPSA) is 24.5 Å². The average Bonchev–Trinajstić information content (AvgIpc) is 2.41. The first-order chi connectivity index (χ1) is 9.10. The van der Waals surface area contributed by atoms with E-state index in [1.807, 2.05) is 13.0 Å². The van der Waals surface area contributed by atoms with Crippen molar-refractivity contribution in [2.75, 3.05) is 27.2 Å². The van der Waals surface area contributed by atoms with Gasteiger partial charge in [0, 0.05) is 23.7 Å². The molecule has 2 rings (SSSR count). The number of hydrogen-bond donors (Lipinski definition) is 1. The molecule has 1 fully saturated rings. The molecule has 19 heavy (non-hydrogen) atoms. The molecule has 1 saturated heterocycles. The Kier molecular flexibility index (Phi) is 4.77. The summed E-state index contributed by atoms with van der Waals surface area (Å²) < 4.78 is 19.0. The second-order valence-electron chi connectivity index (χ2n) is 5.35. The van der Waals surface area contributed by atoms with Crippen molar-refractivity contribution in [1.82, 2.24) is 10.2 Å². The molecule has 1 aromatic rings. The van der Waals surface area contributed by atoms with Gasteiger partial charge in [0.25, 0.3) is 0 Å². The highest BCUT2D eigenvalue weighted by atomic mass is 19.1. The number of likely N-dealkylation sites (tertiary alicyclic amines) is 1. The van der Waals surface area contributed by atoms with Gasteiger partial charge in [-0.3, -0.25) is 0 Å². The Bertz CT molecular complexity index is 417. The number of methoxy groups -OCH3 is 1. The highest BCUT2D eigenvalue weighted by Crippen LogP contribution is 2.23. The van der Waals surface area contributed by atoms with Gasteiger partial charge in [0.15, 0.2) is 0 Å². The molecule has 0 radical (unpaired) electrons. The van der Waals surface area contributed by atoms with Gasteiger partial charge in [0.05, 0.1) is 7.11 Å². The van der Waals surface area contributed by atoms with Crippen molar-refractivity contribution < 1.29 is 9.13 Å². The zero-order valence-corrected chi connectivity index (χ0v) is 11.9. The zero-order valence-electron chi connectivity index (χ0n) is 11.9. The minimum absolute atomic E-state index is 0.0271. The predicted octanol–water partition coefficient (Wildman–Crippen LogP) is 2.58. The van der Waals surface area contributed by atoms with E-state index in [4.69, 9.17) is 4.74 Å². The third kappa shape index (κ3) is 3.67. The van der Waals surface area contributed by atoms with Gasteiger partial charge < -0.3 is 15.0 Å². The lowest BCUT2D eigenvalue weighted by atomic mass is 10.0. The van der Waals surface area contributed by atoms with Crippen molar-refractivity contribution >= 4 is 0 Å². The maximum absolute atomic E-state index is 14.0. The minimum atomic E-state index is -0.202. The molecular formula is C15H23FN2O. The van der Waals surface area contributed by atoms with Crippen LogP contribution >= 0.6 is 0 Å². The van der Waals surface area contributed by atoms with Crippen LogP contribution in [0.3, 0.4) is 0 Å². The molecular weight excluding hydrogens is 243 g/mol. The monoisotopic (exact) mass is 266 g/mol. The van der Waals surface area contributed by atoms with E-state index in [-0.39, 0.29) is 11.9 Å². The lowest BCUT2D eigenvalue weighted by Crippen LogP contribution is -2.41. The van der Waals surface area contributed by atoms with Crippen LogP contribution in [0.4, 0.5) is 4.39 Å². The van der Waals surface area contributed by atoms with E-state index in [1.165, 1.54) is 6.07 Å². The summed E-state index contributed by atoms with van der Waals surface area (Å²) in [5.74, 6) is 0.361. The van der Waals surface area contributed by atoms with Gasteiger partial charge in [-0.05, 0) is 46.0 Å². The summed E-state index contributed by atoms with van der Waals surface area (Å²) in [6.45, 7) is 4.23. The van der Waals surface area contributed by atoms with Gasteiger partial charge in [-0.1, -0.05) is 6.07 Å². The van der Waals surface area contributed by atoms with Gasteiger partial charge in [-0.25, -0.2) is 4.39 Å². The lowest BCUT2D eigenvalue weighted by Gasteiger charge is -2.31. The lowest BCUT2D eigenvalue weighted by molar-refractivity contribution is 0.226. The van der Waals surface area contributed by atoms with E-state index >= 15 is 0 Å². The number of rotatable bonds is 4. The summed E-state index contributed by atoms with van der Waals surface area (Å²) in [4.78, 5) is 2.33. The molecule has 0 aliphatic carbocycles. The van der Waals surface area contributed by atoms with Crippen LogP contribution in [0, 0.1) is 5.82 Å². The fraction of sp³-hybridized carbons (Fsp3) is 0.600. The van der Waals surface area contributed by atoms with Crippen LogP contribution in [0.25, 0.3) is 0 Å². The van der Waals surface area contributed by atoms with Gasteiger partial charge in [-0.15, -0.1) is 0 Å². The molecule has 0 bridgehead atoms. The smallest absolute Gasteiger partial charge is 0.131 e. The van der Waals surface area contributed by atoms with Gasteiger partial charge in [0.2, 0.25) is 0 Å². The third-order valence-electron chi connectivity index (χ3n) is 3.88. The molecule has 0 saturated carbocycles. The Hall–Kier alpha value is -1.13. The predicted molar refractivity (Wildman–Crippen MR) is 75.0 cm³/mol. The number of hydrogen-bond acceptors (Lipinski definition) is 3. The highest BCUT2D eigenvalue weighted by Gasteiger charge is 2.20. The Morgan fingerprint density at radius 1 is 1.37 bits per heavy atom. The maximum atomic E-state index is 14.0. The Labute approximate surface area is 114 Å². The van der Waals surface area contributed by atoms with E-state index in [0.29, 0.717) is 17.4 Å². The number of nitrogens with zero attached hydrogens (tertiary/aromatic N) is 1. The second kappa shape index (κ2) is 6.35. The van der Waals surface area contributed by atoms with E-state index in [1.54, 1.807) is 13.2 Å². The summed E-state index contributed by atoms with van der Waals surface area (Å²) >= 11 is 0. The maximum Gasteiger partial charge on any atom is 0.131 e. The van der Waals surface area contributed by atoms with Crippen molar-refractivity contribution in [2.45, 2.75) is 31.8 Å². The number of benzene rings is 1. The zero-order chi connectivity index (χ0) is 13.8. The third-order valence-corrected chi connectivity index (χ3v) is 3.88. The number of halogens is 1. The van der Waals surface area contributed by atoms with Crippen LogP contribution in [0.2, 0.25) is 0 Å². The van der Waals surface area contributed by atoms with Crippen molar-refractivity contribution in [3.05, 3.63) is 29.6 Å². The van der Waals surface area contributed by atoms with E-state index in [9.17, 15) is 4.39 Å². The van der Waals surface area contributed by atoms with Crippen LogP contribution in [-0.4, -0.2) is 38.2 Å².